The number of nitrogens with two attached hydrogens (primary N) is 1. The van der Waals surface area contributed by atoms with Crippen molar-refractivity contribution < 1.29 is 23.9 Å². The van der Waals surface area contributed by atoms with E-state index < -0.39 is 5.91 Å². The molecule has 1 heterocycles. The molecule has 3 aromatic carbocycles. The number of nitrogen functional groups attached to an aromatic ring is 1. The number of nitrogens with one attached hydrogen (secondary N) is 3. The molecule has 39 heavy (non-hydrogen) atoms. The topological polar surface area (TPSA) is 132 Å². The van der Waals surface area contributed by atoms with E-state index in [1.54, 1.807) is 18.2 Å². The molecule has 0 saturated heterocycles. The van der Waals surface area contributed by atoms with Crippen LogP contribution in [-0.4, -0.2) is 51.6 Å². The van der Waals surface area contributed by atoms with Gasteiger partial charge in [0.25, 0.3) is 12.4 Å². The van der Waals surface area contributed by atoms with Crippen LogP contribution in [0.4, 0.5) is 5.69 Å². The Labute approximate surface area is 237 Å². The molecule has 4 rings (SSSR count). The maximum Gasteiger partial charge on any atom is 0.292 e. The predicted molar refractivity (Wildman–Crippen MR) is 152 cm³/mol. The summed E-state index contributed by atoms with van der Waals surface area (Å²) in [6, 6.07) is 18.5. The van der Waals surface area contributed by atoms with Crippen LogP contribution >= 0.6 is 23.2 Å². The molecule has 0 spiro atoms. The fraction of sp³-hybridized carbons (Fsp3) is 0.250. The van der Waals surface area contributed by atoms with Crippen molar-refractivity contribution in [3.8, 4) is 16.9 Å². The quantitative estimate of drug-likeness (QED) is 0.173. The number of methoxy groups -OCH3 is 1. The fourth-order valence-electron chi connectivity index (χ4n) is 3.96. The van der Waals surface area contributed by atoms with Gasteiger partial charge in [0.05, 0.1) is 35.9 Å². The lowest BCUT2D eigenvalue weighted by atomic mass is 10.00. The minimum Gasteiger partial charge on any atom is -0.493 e. The van der Waals surface area contributed by atoms with Crippen LogP contribution in [0.15, 0.2) is 60.7 Å². The number of rotatable bonds is 9. The molecule has 5 N–H and O–H groups in total. The van der Waals surface area contributed by atoms with Gasteiger partial charge < -0.3 is 31.2 Å². The number of carbonyl (C=O) groups is 3. The van der Waals surface area contributed by atoms with Crippen molar-refractivity contribution in [3.05, 3.63) is 81.8 Å². The smallest absolute Gasteiger partial charge is 0.292 e. The van der Waals surface area contributed by atoms with Crippen LogP contribution in [0.1, 0.15) is 28.4 Å². The number of anilines is 1. The zero-order valence-electron chi connectivity index (χ0n) is 21.3. The molecule has 1 atom stereocenters. The summed E-state index contributed by atoms with van der Waals surface area (Å²) in [6.45, 7) is 1.57. The number of hydrogen-bond acceptors (Lipinski definition) is 7. The number of hydrogen-bond donors (Lipinski definition) is 4. The standard InChI is InChI=1S/C26H26Cl2N4O3.C2H4O2/c27-20-12-17(16-4-2-1-3-5-16)13-21(28)25(20)26(34)31-10-9-30-24(33)15-32-22-8-11-35-23-7-6-18(29)14-19(22)23;1-4-2-3/h1-7,12-14,22,32H,8-11,15,29H2,(H,30,33)(H,31,34);2H,1H3. The summed E-state index contributed by atoms with van der Waals surface area (Å²) in [5.74, 6) is 0.197. The Morgan fingerprint density at radius 3 is 2.36 bits per heavy atom. The molecule has 0 radical (unpaired) electrons. The zero-order valence-corrected chi connectivity index (χ0v) is 22.9. The molecule has 0 aliphatic carbocycles. The summed E-state index contributed by atoms with van der Waals surface area (Å²) >= 11 is 12.7. The number of benzene rings is 3. The highest BCUT2D eigenvalue weighted by atomic mass is 35.5. The molecule has 3 aromatic rings. The van der Waals surface area contributed by atoms with E-state index in [-0.39, 0.29) is 47.2 Å². The van der Waals surface area contributed by atoms with E-state index in [1.807, 2.05) is 42.5 Å². The van der Waals surface area contributed by atoms with Crippen LogP contribution < -0.4 is 26.4 Å². The predicted octanol–water partition coefficient (Wildman–Crippen LogP) is 3.99. The Balaban J connectivity index is 0.000000983. The van der Waals surface area contributed by atoms with Crippen molar-refractivity contribution in [1.82, 2.24) is 16.0 Å². The van der Waals surface area contributed by atoms with Crippen molar-refractivity contribution in [2.24, 2.45) is 0 Å². The molecule has 206 valence electrons. The summed E-state index contributed by atoms with van der Waals surface area (Å²) < 4.78 is 9.51. The van der Waals surface area contributed by atoms with Crippen LogP contribution in [0, 0.1) is 0 Å². The third kappa shape index (κ3) is 8.61. The van der Waals surface area contributed by atoms with E-state index in [9.17, 15) is 9.59 Å². The fourth-order valence-corrected chi connectivity index (χ4v) is 4.62. The van der Waals surface area contributed by atoms with Crippen LogP contribution in [0.5, 0.6) is 5.75 Å². The molecule has 2 amide bonds. The lowest BCUT2D eigenvalue weighted by Crippen LogP contribution is -2.40. The van der Waals surface area contributed by atoms with E-state index in [1.165, 1.54) is 7.11 Å². The first kappa shape index (κ1) is 29.8. The lowest BCUT2D eigenvalue weighted by Gasteiger charge is -2.27. The summed E-state index contributed by atoms with van der Waals surface area (Å²) in [4.78, 5) is 33.9. The number of halogens is 2. The average molecular weight is 573 g/mol. The molecule has 0 saturated carbocycles. The monoisotopic (exact) mass is 572 g/mol. The van der Waals surface area contributed by atoms with Crippen molar-refractivity contribution >= 4 is 47.2 Å². The van der Waals surface area contributed by atoms with Crippen molar-refractivity contribution in [2.45, 2.75) is 12.5 Å². The summed E-state index contributed by atoms with van der Waals surface area (Å²) in [5, 5.41) is 9.30. The van der Waals surface area contributed by atoms with E-state index in [4.69, 9.17) is 38.5 Å². The number of fused-ring (bicyclic) bond motifs is 1. The van der Waals surface area contributed by atoms with E-state index >= 15 is 0 Å². The van der Waals surface area contributed by atoms with Gasteiger partial charge in [0, 0.05) is 36.8 Å². The summed E-state index contributed by atoms with van der Waals surface area (Å²) in [7, 11) is 1.31. The minimum absolute atomic E-state index is 0.0177. The van der Waals surface area contributed by atoms with Gasteiger partial charge in [-0.25, -0.2) is 0 Å². The van der Waals surface area contributed by atoms with E-state index in [0.717, 1.165) is 28.9 Å². The second-order valence-electron chi connectivity index (χ2n) is 8.49. The highest BCUT2D eigenvalue weighted by Crippen LogP contribution is 2.33. The van der Waals surface area contributed by atoms with Crippen LogP contribution in [0.3, 0.4) is 0 Å². The Morgan fingerprint density at radius 2 is 1.69 bits per heavy atom. The van der Waals surface area contributed by atoms with Gasteiger partial charge in [-0.1, -0.05) is 53.5 Å². The third-order valence-electron chi connectivity index (χ3n) is 5.79. The Hall–Kier alpha value is -3.79. The van der Waals surface area contributed by atoms with Gasteiger partial charge in [0.2, 0.25) is 5.91 Å². The first-order chi connectivity index (χ1) is 18.8. The van der Waals surface area contributed by atoms with Gasteiger partial charge in [0.1, 0.15) is 5.75 Å². The number of carbonyl (C=O) groups excluding carboxylic acids is 3. The summed E-state index contributed by atoms with van der Waals surface area (Å²) in [5.41, 5.74) is 9.47. The van der Waals surface area contributed by atoms with Crippen LogP contribution in [-0.2, 0) is 14.3 Å². The molecule has 0 aromatic heterocycles. The molecule has 11 heteroatoms. The summed E-state index contributed by atoms with van der Waals surface area (Å²) in [6.07, 6.45) is 0.740. The van der Waals surface area contributed by atoms with Crippen molar-refractivity contribution in [3.63, 3.8) is 0 Å². The van der Waals surface area contributed by atoms with Gasteiger partial charge in [0.15, 0.2) is 0 Å². The van der Waals surface area contributed by atoms with Gasteiger partial charge in [-0.05, 0) is 41.5 Å². The zero-order chi connectivity index (χ0) is 28.2. The SMILES string of the molecule is COC=O.Nc1ccc2c(c1)C(NCC(=O)NCCNC(=O)c1c(Cl)cc(-c3ccccc3)cc1Cl)CCO2. The maximum atomic E-state index is 12.6. The van der Waals surface area contributed by atoms with Gasteiger partial charge in [-0.2, -0.15) is 0 Å². The minimum atomic E-state index is -0.400. The molecular formula is C28H30Cl2N4O5. The van der Waals surface area contributed by atoms with Crippen LogP contribution in [0.25, 0.3) is 11.1 Å². The molecule has 1 aliphatic rings. The molecule has 1 unspecified atom stereocenters. The van der Waals surface area contributed by atoms with Gasteiger partial charge in [-0.3, -0.25) is 14.4 Å². The van der Waals surface area contributed by atoms with Crippen LogP contribution in [0.2, 0.25) is 10.0 Å². The highest BCUT2D eigenvalue weighted by molar-refractivity contribution is 6.40. The van der Waals surface area contributed by atoms with Crippen molar-refractivity contribution in [2.75, 3.05) is 39.1 Å². The third-order valence-corrected chi connectivity index (χ3v) is 6.38. The van der Waals surface area contributed by atoms with E-state index in [2.05, 4.69) is 20.7 Å². The first-order valence-electron chi connectivity index (χ1n) is 12.2. The van der Waals surface area contributed by atoms with Gasteiger partial charge in [-0.15, -0.1) is 0 Å². The maximum absolute atomic E-state index is 12.6. The Kier molecular flexibility index (Phi) is 11.4. The lowest BCUT2D eigenvalue weighted by molar-refractivity contribution is -0.126. The molecule has 9 nitrogen and oxygen atoms in total. The molecule has 0 bridgehead atoms. The molecular weight excluding hydrogens is 543 g/mol. The van der Waals surface area contributed by atoms with E-state index in [0.29, 0.717) is 18.8 Å². The second-order valence-corrected chi connectivity index (χ2v) is 9.30. The first-order valence-corrected chi connectivity index (χ1v) is 12.9. The number of ether oxygens (including phenoxy) is 2. The Morgan fingerprint density at radius 1 is 1.03 bits per heavy atom. The Bertz CT molecular complexity index is 1270. The molecule has 1 aliphatic heterocycles. The highest BCUT2D eigenvalue weighted by Gasteiger charge is 2.22. The van der Waals surface area contributed by atoms with Crippen molar-refractivity contribution in [1.29, 1.82) is 0 Å². The number of amides is 2. The largest absolute Gasteiger partial charge is 0.493 e. The second kappa shape index (κ2) is 15.0. The van der Waals surface area contributed by atoms with Gasteiger partial charge >= 0.3 is 0 Å². The molecule has 0 fully saturated rings. The average Bonchev–Trinajstić information content (AvgIpc) is 2.94. The normalized spacial score (nSPS) is 13.6.